The van der Waals surface area contributed by atoms with E-state index in [9.17, 15) is 18.0 Å². The lowest BCUT2D eigenvalue weighted by atomic mass is 10.1. The highest BCUT2D eigenvalue weighted by atomic mass is 19.4. The molecular weight excluding hydrogens is 295 g/mol. The molecule has 0 unspecified atom stereocenters. The Morgan fingerprint density at radius 3 is 2.68 bits per heavy atom. The lowest BCUT2D eigenvalue weighted by molar-refractivity contribution is -0.138. The molecule has 1 aromatic carbocycles. The molecule has 1 amide bonds. The summed E-state index contributed by atoms with van der Waals surface area (Å²) in [5, 5.41) is 6.53. The Kier molecular flexibility index (Phi) is 4.85. The summed E-state index contributed by atoms with van der Waals surface area (Å²) < 4.78 is 40.2. The standard InChI is InChI=1S/C15H16F3N3O/c1-2-9-21-13(7-8-20-21)14(22)19-10-11-5-3-4-6-12(11)15(16,17)18/h3-8H,2,9-10H2,1H3,(H,19,22). The van der Waals surface area contributed by atoms with Gasteiger partial charge in [0.1, 0.15) is 5.69 Å². The van der Waals surface area contributed by atoms with Gasteiger partial charge >= 0.3 is 6.18 Å². The van der Waals surface area contributed by atoms with Crippen molar-refractivity contribution in [1.82, 2.24) is 15.1 Å². The average Bonchev–Trinajstić information content (AvgIpc) is 2.93. The summed E-state index contributed by atoms with van der Waals surface area (Å²) in [5.41, 5.74) is -0.367. The summed E-state index contributed by atoms with van der Waals surface area (Å²) in [6.07, 6.45) is -2.14. The molecule has 0 bridgehead atoms. The number of alkyl halides is 3. The van der Waals surface area contributed by atoms with Crippen molar-refractivity contribution < 1.29 is 18.0 Å². The topological polar surface area (TPSA) is 46.9 Å². The third-order valence-corrected chi connectivity index (χ3v) is 3.15. The number of nitrogens with zero attached hydrogens (tertiary/aromatic N) is 2. The van der Waals surface area contributed by atoms with Gasteiger partial charge in [0.15, 0.2) is 0 Å². The average molecular weight is 311 g/mol. The van der Waals surface area contributed by atoms with Crippen molar-refractivity contribution in [2.24, 2.45) is 0 Å². The van der Waals surface area contributed by atoms with Crippen LogP contribution in [0, 0.1) is 0 Å². The normalized spacial score (nSPS) is 11.5. The number of aromatic nitrogens is 2. The van der Waals surface area contributed by atoms with Gasteiger partial charge in [-0.2, -0.15) is 18.3 Å². The fraction of sp³-hybridized carbons (Fsp3) is 0.333. The van der Waals surface area contributed by atoms with Gasteiger partial charge in [-0.1, -0.05) is 25.1 Å². The van der Waals surface area contributed by atoms with E-state index < -0.39 is 17.6 Å². The fourth-order valence-corrected chi connectivity index (χ4v) is 2.13. The number of hydrogen-bond acceptors (Lipinski definition) is 2. The van der Waals surface area contributed by atoms with Crippen molar-refractivity contribution in [2.75, 3.05) is 0 Å². The van der Waals surface area contributed by atoms with Crippen LogP contribution in [0.3, 0.4) is 0 Å². The Morgan fingerprint density at radius 2 is 2.00 bits per heavy atom. The molecule has 7 heteroatoms. The van der Waals surface area contributed by atoms with Crippen LogP contribution in [0.25, 0.3) is 0 Å². The van der Waals surface area contributed by atoms with E-state index in [4.69, 9.17) is 0 Å². The molecule has 0 aliphatic heterocycles. The molecule has 0 aliphatic carbocycles. The van der Waals surface area contributed by atoms with E-state index >= 15 is 0 Å². The maximum Gasteiger partial charge on any atom is 0.416 e. The van der Waals surface area contributed by atoms with Gasteiger partial charge in [0.2, 0.25) is 0 Å². The predicted molar refractivity (Wildman–Crippen MR) is 75.1 cm³/mol. The first kappa shape index (κ1) is 16.1. The largest absolute Gasteiger partial charge is 0.416 e. The van der Waals surface area contributed by atoms with Crippen molar-refractivity contribution in [1.29, 1.82) is 0 Å². The predicted octanol–water partition coefficient (Wildman–Crippen LogP) is 3.24. The zero-order valence-electron chi connectivity index (χ0n) is 12.0. The van der Waals surface area contributed by atoms with E-state index in [-0.39, 0.29) is 12.1 Å². The molecule has 4 nitrogen and oxygen atoms in total. The molecular formula is C15H16F3N3O. The number of rotatable bonds is 5. The molecule has 1 N–H and O–H groups in total. The van der Waals surface area contributed by atoms with Crippen LogP contribution >= 0.6 is 0 Å². The molecule has 0 radical (unpaired) electrons. The second kappa shape index (κ2) is 6.64. The molecule has 0 saturated carbocycles. The Labute approximate surface area is 125 Å². The van der Waals surface area contributed by atoms with Crippen LogP contribution in [0.5, 0.6) is 0 Å². The van der Waals surface area contributed by atoms with Crippen molar-refractivity contribution in [2.45, 2.75) is 32.6 Å². The monoisotopic (exact) mass is 311 g/mol. The summed E-state index contributed by atoms with van der Waals surface area (Å²) in [6.45, 7) is 2.34. The number of benzene rings is 1. The molecule has 0 aliphatic rings. The van der Waals surface area contributed by atoms with E-state index in [2.05, 4.69) is 10.4 Å². The second-order valence-corrected chi connectivity index (χ2v) is 4.78. The van der Waals surface area contributed by atoms with E-state index in [0.29, 0.717) is 12.2 Å². The zero-order chi connectivity index (χ0) is 16.2. The highest BCUT2D eigenvalue weighted by molar-refractivity contribution is 5.92. The molecule has 22 heavy (non-hydrogen) atoms. The Bertz CT molecular complexity index is 649. The van der Waals surface area contributed by atoms with E-state index in [0.717, 1.165) is 12.5 Å². The SMILES string of the molecule is CCCn1nccc1C(=O)NCc1ccccc1C(F)(F)F. The Hall–Kier alpha value is -2.31. The van der Waals surface area contributed by atoms with Gasteiger partial charge in [-0.15, -0.1) is 0 Å². The first-order chi connectivity index (χ1) is 10.4. The minimum absolute atomic E-state index is 0.0323. The maximum absolute atomic E-state index is 12.9. The van der Waals surface area contributed by atoms with Crippen LogP contribution in [0.15, 0.2) is 36.5 Å². The number of amides is 1. The summed E-state index contributed by atoms with van der Waals surface area (Å²) in [6, 6.07) is 6.73. The molecule has 0 spiro atoms. The Morgan fingerprint density at radius 1 is 1.27 bits per heavy atom. The summed E-state index contributed by atoms with van der Waals surface area (Å²) in [5.74, 6) is -0.442. The van der Waals surface area contributed by atoms with E-state index in [1.807, 2.05) is 6.92 Å². The lowest BCUT2D eigenvalue weighted by Crippen LogP contribution is -2.27. The molecule has 0 atom stereocenters. The third-order valence-electron chi connectivity index (χ3n) is 3.15. The smallest absolute Gasteiger partial charge is 0.347 e. The second-order valence-electron chi connectivity index (χ2n) is 4.78. The molecule has 2 rings (SSSR count). The van der Waals surface area contributed by atoms with Gasteiger partial charge in [-0.05, 0) is 24.1 Å². The minimum Gasteiger partial charge on any atom is -0.347 e. The summed E-state index contributed by atoms with van der Waals surface area (Å²) in [7, 11) is 0. The maximum atomic E-state index is 12.9. The van der Waals surface area contributed by atoms with Crippen molar-refractivity contribution in [3.05, 3.63) is 53.3 Å². The molecule has 2 aromatic rings. The summed E-state index contributed by atoms with van der Waals surface area (Å²) in [4.78, 5) is 12.1. The third kappa shape index (κ3) is 3.66. The Balaban J connectivity index is 2.10. The van der Waals surface area contributed by atoms with Crippen LogP contribution in [-0.4, -0.2) is 15.7 Å². The van der Waals surface area contributed by atoms with Crippen molar-refractivity contribution >= 4 is 5.91 Å². The molecule has 1 aromatic heterocycles. The molecule has 0 fully saturated rings. The van der Waals surface area contributed by atoms with Gasteiger partial charge < -0.3 is 5.32 Å². The fourth-order valence-electron chi connectivity index (χ4n) is 2.13. The quantitative estimate of drug-likeness (QED) is 0.921. The highest BCUT2D eigenvalue weighted by Crippen LogP contribution is 2.31. The molecule has 1 heterocycles. The zero-order valence-corrected chi connectivity index (χ0v) is 12.0. The van der Waals surface area contributed by atoms with Crippen LogP contribution in [0.1, 0.15) is 35.0 Å². The number of aryl methyl sites for hydroxylation is 1. The van der Waals surface area contributed by atoms with Crippen molar-refractivity contribution in [3.8, 4) is 0 Å². The van der Waals surface area contributed by atoms with E-state index in [1.165, 1.54) is 29.1 Å². The number of nitrogens with one attached hydrogen (secondary N) is 1. The van der Waals surface area contributed by atoms with Crippen LogP contribution in [0.4, 0.5) is 13.2 Å². The lowest BCUT2D eigenvalue weighted by Gasteiger charge is -2.13. The van der Waals surface area contributed by atoms with Gasteiger partial charge in [-0.3, -0.25) is 9.48 Å². The van der Waals surface area contributed by atoms with Gasteiger partial charge in [-0.25, -0.2) is 0 Å². The van der Waals surface area contributed by atoms with Gasteiger partial charge in [0.25, 0.3) is 5.91 Å². The molecule has 0 saturated heterocycles. The number of halogens is 3. The van der Waals surface area contributed by atoms with Gasteiger partial charge in [0.05, 0.1) is 5.56 Å². The summed E-state index contributed by atoms with van der Waals surface area (Å²) >= 11 is 0. The molecule has 118 valence electrons. The van der Waals surface area contributed by atoms with Crippen LogP contribution in [0.2, 0.25) is 0 Å². The number of carbonyl (C=O) groups is 1. The number of hydrogen-bond donors (Lipinski definition) is 1. The van der Waals surface area contributed by atoms with Crippen LogP contribution < -0.4 is 5.32 Å². The van der Waals surface area contributed by atoms with Crippen LogP contribution in [-0.2, 0) is 19.3 Å². The van der Waals surface area contributed by atoms with Gasteiger partial charge in [0, 0.05) is 19.3 Å². The first-order valence-electron chi connectivity index (χ1n) is 6.88. The number of carbonyl (C=O) groups excluding carboxylic acids is 1. The van der Waals surface area contributed by atoms with E-state index in [1.54, 1.807) is 6.07 Å². The minimum atomic E-state index is -4.44. The van der Waals surface area contributed by atoms with Crippen molar-refractivity contribution in [3.63, 3.8) is 0 Å². The highest BCUT2D eigenvalue weighted by Gasteiger charge is 2.32. The first-order valence-corrected chi connectivity index (χ1v) is 6.88.